The number of ether oxygens (including phenoxy) is 2. The van der Waals surface area contributed by atoms with E-state index in [-0.39, 0.29) is 13.2 Å². The average molecular weight is 316 g/mol. The zero-order chi connectivity index (χ0) is 16.2. The molecule has 22 heavy (non-hydrogen) atoms. The third-order valence-electron chi connectivity index (χ3n) is 4.04. The Morgan fingerprint density at radius 3 is 2.55 bits per heavy atom. The lowest BCUT2D eigenvalue weighted by molar-refractivity contribution is -0.0938. The number of aliphatic hydroxyl groups excluding tert-OH is 3. The molecule has 0 bridgehead atoms. The summed E-state index contributed by atoms with van der Waals surface area (Å²) in [5, 5.41) is 28.4. The van der Waals surface area contributed by atoms with Crippen LogP contribution in [0.2, 0.25) is 0 Å². The van der Waals surface area contributed by atoms with Gasteiger partial charge in [0.1, 0.15) is 24.4 Å². The standard InChI is InChI=1S/C17H32O5/c1-2-3-4-5-6-7-8-9-10-11-21-17-15(20)13-22-16(17)14(19)12-18/h2-3,14-20H,4-13H2,1H3/b3-2+/t14-,15+,16-,17-/m0/s1. The quantitative estimate of drug-likeness (QED) is 0.378. The van der Waals surface area contributed by atoms with Crippen molar-refractivity contribution >= 4 is 0 Å². The SMILES string of the molecule is C/C=C/CCCCCCCCO[C@@H]1[C@H]([C@@H](O)CO)OC[C@H]1O. The highest BCUT2D eigenvalue weighted by Gasteiger charge is 2.40. The van der Waals surface area contributed by atoms with E-state index in [9.17, 15) is 10.2 Å². The Morgan fingerprint density at radius 2 is 1.86 bits per heavy atom. The summed E-state index contributed by atoms with van der Waals surface area (Å²) in [6.45, 7) is 2.37. The number of unbranched alkanes of at least 4 members (excludes halogenated alkanes) is 6. The molecule has 1 fully saturated rings. The first-order chi connectivity index (χ1) is 10.7. The van der Waals surface area contributed by atoms with Gasteiger partial charge in [0.05, 0.1) is 13.2 Å². The molecule has 1 saturated heterocycles. The lowest BCUT2D eigenvalue weighted by Gasteiger charge is -2.23. The Balaban J connectivity index is 2.03. The number of rotatable bonds is 12. The summed E-state index contributed by atoms with van der Waals surface area (Å²) >= 11 is 0. The second kappa shape index (κ2) is 12.0. The molecule has 5 heteroatoms. The highest BCUT2D eigenvalue weighted by molar-refractivity contribution is 4.89. The third-order valence-corrected chi connectivity index (χ3v) is 4.04. The van der Waals surface area contributed by atoms with E-state index in [1.165, 1.54) is 32.1 Å². The number of aliphatic hydroxyl groups is 3. The molecule has 3 N–H and O–H groups in total. The summed E-state index contributed by atoms with van der Waals surface area (Å²) < 4.78 is 10.9. The van der Waals surface area contributed by atoms with E-state index in [1.807, 2.05) is 0 Å². The maximum Gasteiger partial charge on any atom is 0.114 e. The van der Waals surface area contributed by atoms with Gasteiger partial charge in [-0.1, -0.05) is 37.8 Å². The van der Waals surface area contributed by atoms with Crippen LogP contribution in [0.3, 0.4) is 0 Å². The lowest BCUT2D eigenvalue weighted by atomic mass is 10.1. The molecule has 0 radical (unpaired) electrons. The molecule has 1 aliphatic rings. The fourth-order valence-electron chi connectivity index (χ4n) is 2.72. The Bertz CT molecular complexity index is 295. The van der Waals surface area contributed by atoms with E-state index < -0.39 is 24.4 Å². The van der Waals surface area contributed by atoms with Crippen LogP contribution in [-0.2, 0) is 9.47 Å². The molecule has 0 spiro atoms. The number of hydrogen-bond acceptors (Lipinski definition) is 5. The maximum absolute atomic E-state index is 9.80. The third kappa shape index (κ3) is 7.20. The fourth-order valence-corrected chi connectivity index (χ4v) is 2.72. The molecule has 1 aliphatic heterocycles. The Kier molecular flexibility index (Phi) is 10.7. The molecule has 0 aliphatic carbocycles. The fraction of sp³-hybridized carbons (Fsp3) is 0.882. The summed E-state index contributed by atoms with van der Waals surface area (Å²) in [7, 11) is 0. The first-order valence-corrected chi connectivity index (χ1v) is 8.52. The molecule has 0 aromatic rings. The monoisotopic (exact) mass is 316 g/mol. The van der Waals surface area contributed by atoms with Gasteiger partial charge in [0.15, 0.2) is 0 Å². The Morgan fingerprint density at radius 1 is 1.18 bits per heavy atom. The van der Waals surface area contributed by atoms with Crippen molar-refractivity contribution in [3.63, 3.8) is 0 Å². The topological polar surface area (TPSA) is 79.2 Å². The summed E-state index contributed by atoms with van der Waals surface area (Å²) in [6.07, 6.45) is 9.61. The van der Waals surface area contributed by atoms with Gasteiger partial charge in [-0.15, -0.1) is 0 Å². The number of allylic oxidation sites excluding steroid dienone is 2. The average Bonchev–Trinajstić information content (AvgIpc) is 2.89. The van der Waals surface area contributed by atoms with Gasteiger partial charge in [0, 0.05) is 6.61 Å². The summed E-state index contributed by atoms with van der Waals surface area (Å²) in [5.41, 5.74) is 0. The highest BCUT2D eigenvalue weighted by atomic mass is 16.6. The molecule has 0 amide bonds. The van der Waals surface area contributed by atoms with Crippen LogP contribution < -0.4 is 0 Å². The molecular weight excluding hydrogens is 284 g/mol. The molecule has 0 unspecified atom stereocenters. The largest absolute Gasteiger partial charge is 0.394 e. The summed E-state index contributed by atoms with van der Waals surface area (Å²) in [6, 6.07) is 0. The van der Waals surface area contributed by atoms with Gasteiger partial charge in [-0.05, 0) is 26.2 Å². The predicted molar refractivity (Wildman–Crippen MR) is 85.7 cm³/mol. The van der Waals surface area contributed by atoms with Gasteiger partial charge in [-0.3, -0.25) is 0 Å². The minimum atomic E-state index is -1.00. The van der Waals surface area contributed by atoms with Gasteiger partial charge in [0.25, 0.3) is 0 Å². The molecule has 1 rings (SSSR count). The summed E-state index contributed by atoms with van der Waals surface area (Å²) in [4.78, 5) is 0. The van der Waals surface area contributed by atoms with Crippen molar-refractivity contribution in [1.29, 1.82) is 0 Å². The molecule has 5 nitrogen and oxygen atoms in total. The van der Waals surface area contributed by atoms with E-state index in [0.717, 1.165) is 12.8 Å². The predicted octanol–water partition coefficient (Wildman–Crippen LogP) is 1.79. The molecule has 0 aromatic heterocycles. The van der Waals surface area contributed by atoms with Crippen LogP contribution in [0, 0.1) is 0 Å². The molecule has 130 valence electrons. The van der Waals surface area contributed by atoms with Crippen LogP contribution in [0.15, 0.2) is 12.2 Å². The van der Waals surface area contributed by atoms with E-state index in [2.05, 4.69) is 19.1 Å². The van der Waals surface area contributed by atoms with E-state index in [1.54, 1.807) is 0 Å². The van der Waals surface area contributed by atoms with Crippen LogP contribution >= 0.6 is 0 Å². The van der Waals surface area contributed by atoms with E-state index >= 15 is 0 Å². The van der Waals surface area contributed by atoms with Gasteiger partial charge in [-0.25, -0.2) is 0 Å². The zero-order valence-electron chi connectivity index (χ0n) is 13.7. The minimum absolute atomic E-state index is 0.151. The first-order valence-electron chi connectivity index (χ1n) is 8.52. The summed E-state index contributed by atoms with van der Waals surface area (Å²) in [5.74, 6) is 0. The maximum atomic E-state index is 9.80. The first kappa shape index (κ1) is 19.6. The lowest BCUT2D eigenvalue weighted by Crippen LogP contribution is -2.42. The van der Waals surface area contributed by atoms with Crippen LogP contribution in [0.4, 0.5) is 0 Å². The van der Waals surface area contributed by atoms with Crippen LogP contribution in [0.25, 0.3) is 0 Å². The van der Waals surface area contributed by atoms with E-state index in [0.29, 0.717) is 6.61 Å². The van der Waals surface area contributed by atoms with Crippen molar-refractivity contribution in [2.45, 2.75) is 76.3 Å². The smallest absolute Gasteiger partial charge is 0.114 e. The molecule has 0 saturated carbocycles. The van der Waals surface area contributed by atoms with E-state index in [4.69, 9.17) is 14.6 Å². The second-order valence-electron chi connectivity index (χ2n) is 5.93. The Hall–Kier alpha value is -0.460. The molecule has 4 atom stereocenters. The van der Waals surface area contributed by atoms with Crippen LogP contribution in [-0.4, -0.2) is 59.6 Å². The molecule has 0 aromatic carbocycles. The van der Waals surface area contributed by atoms with Crippen molar-refractivity contribution in [2.24, 2.45) is 0 Å². The zero-order valence-corrected chi connectivity index (χ0v) is 13.7. The molecule has 1 heterocycles. The van der Waals surface area contributed by atoms with Crippen molar-refractivity contribution in [3.8, 4) is 0 Å². The minimum Gasteiger partial charge on any atom is -0.394 e. The van der Waals surface area contributed by atoms with Crippen molar-refractivity contribution in [2.75, 3.05) is 19.8 Å². The van der Waals surface area contributed by atoms with Crippen molar-refractivity contribution in [1.82, 2.24) is 0 Å². The molecular formula is C17H32O5. The van der Waals surface area contributed by atoms with Crippen LogP contribution in [0.1, 0.15) is 51.9 Å². The Labute approximate surface area is 133 Å². The van der Waals surface area contributed by atoms with Gasteiger partial charge >= 0.3 is 0 Å². The second-order valence-corrected chi connectivity index (χ2v) is 5.93. The van der Waals surface area contributed by atoms with Gasteiger partial charge < -0.3 is 24.8 Å². The van der Waals surface area contributed by atoms with Gasteiger partial charge in [-0.2, -0.15) is 0 Å². The van der Waals surface area contributed by atoms with Gasteiger partial charge in [0.2, 0.25) is 0 Å². The van der Waals surface area contributed by atoms with Crippen molar-refractivity contribution in [3.05, 3.63) is 12.2 Å². The normalized spacial score (nSPS) is 26.8. The highest BCUT2D eigenvalue weighted by Crippen LogP contribution is 2.21. The van der Waals surface area contributed by atoms with Crippen LogP contribution in [0.5, 0.6) is 0 Å². The number of hydrogen-bond donors (Lipinski definition) is 3. The van der Waals surface area contributed by atoms with Crippen molar-refractivity contribution < 1.29 is 24.8 Å².